The topological polar surface area (TPSA) is 142 Å². The summed E-state index contributed by atoms with van der Waals surface area (Å²) in [5, 5.41) is 15.7. The molecule has 116 valence electrons. The molecule has 0 saturated carbocycles. The Balaban J connectivity index is 4.21. The van der Waals surface area contributed by atoms with Gasteiger partial charge in [0.25, 0.3) is 0 Å². The van der Waals surface area contributed by atoms with Crippen LogP contribution in [0.4, 0.5) is 4.79 Å². The second-order valence-electron chi connectivity index (χ2n) is 4.13. The number of carboxylic acids is 1. The first-order valence-corrected chi connectivity index (χ1v) is 7.87. The molecule has 1 unspecified atom stereocenters. The second-order valence-corrected chi connectivity index (χ2v) is 6.39. The Hall–Kier alpha value is -1.84. The molecule has 9 nitrogen and oxygen atoms in total. The first kappa shape index (κ1) is 18.2. The molecule has 3 amide bonds. The van der Waals surface area contributed by atoms with Gasteiger partial charge in [-0.05, 0) is 6.42 Å². The number of urea groups is 1. The zero-order valence-corrected chi connectivity index (χ0v) is 12.1. The summed E-state index contributed by atoms with van der Waals surface area (Å²) in [4.78, 5) is 33.2. The van der Waals surface area contributed by atoms with Crippen LogP contribution < -0.4 is 16.0 Å². The van der Waals surface area contributed by atoms with Crippen LogP contribution >= 0.6 is 0 Å². The summed E-state index contributed by atoms with van der Waals surface area (Å²) in [6, 6.07) is -2.07. The van der Waals surface area contributed by atoms with Gasteiger partial charge in [0.15, 0.2) is 0 Å². The van der Waals surface area contributed by atoms with Crippen molar-refractivity contribution in [3.05, 3.63) is 0 Å². The monoisotopic (exact) mass is 309 g/mol. The van der Waals surface area contributed by atoms with Crippen molar-refractivity contribution in [3.8, 4) is 0 Å². The highest BCUT2D eigenvalue weighted by atomic mass is 32.2. The van der Waals surface area contributed by atoms with Crippen LogP contribution in [0.2, 0.25) is 0 Å². The fourth-order valence-electron chi connectivity index (χ4n) is 1.21. The van der Waals surface area contributed by atoms with E-state index in [1.54, 1.807) is 0 Å². The molecular weight excluding hydrogens is 290 g/mol. The van der Waals surface area contributed by atoms with E-state index in [1.807, 2.05) is 0 Å². The maximum atomic E-state index is 11.4. The van der Waals surface area contributed by atoms with Gasteiger partial charge >= 0.3 is 12.0 Å². The van der Waals surface area contributed by atoms with Gasteiger partial charge in [0.1, 0.15) is 15.9 Å². The SMILES string of the molecule is CNC(=O)CCNC(=O)NC(CCS(C)(=O)=O)C(=O)O. The molecule has 0 aliphatic rings. The largest absolute Gasteiger partial charge is 0.480 e. The normalized spacial score (nSPS) is 12.3. The minimum absolute atomic E-state index is 0.0456. The minimum Gasteiger partial charge on any atom is -0.480 e. The van der Waals surface area contributed by atoms with Crippen molar-refractivity contribution in [1.82, 2.24) is 16.0 Å². The molecule has 0 aromatic carbocycles. The van der Waals surface area contributed by atoms with E-state index in [-0.39, 0.29) is 31.0 Å². The van der Waals surface area contributed by atoms with E-state index in [0.717, 1.165) is 6.26 Å². The van der Waals surface area contributed by atoms with Gasteiger partial charge in [-0.2, -0.15) is 0 Å². The molecule has 20 heavy (non-hydrogen) atoms. The molecular formula is C10H19N3O6S. The third-order valence-electron chi connectivity index (χ3n) is 2.30. The molecule has 0 rings (SSSR count). The van der Waals surface area contributed by atoms with Gasteiger partial charge in [0.2, 0.25) is 5.91 Å². The van der Waals surface area contributed by atoms with E-state index in [2.05, 4.69) is 16.0 Å². The van der Waals surface area contributed by atoms with Crippen molar-refractivity contribution in [2.24, 2.45) is 0 Å². The maximum Gasteiger partial charge on any atom is 0.326 e. The molecule has 0 heterocycles. The summed E-state index contributed by atoms with van der Waals surface area (Å²) in [6.07, 6.45) is 0.817. The van der Waals surface area contributed by atoms with Gasteiger partial charge in [0.05, 0.1) is 5.75 Å². The Morgan fingerprint density at radius 2 is 1.85 bits per heavy atom. The van der Waals surface area contributed by atoms with Gasteiger partial charge in [-0.15, -0.1) is 0 Å². The molecule has 1 atom stereocenters. The molecule has 0 aromatic heterocycles. The highest BCUT2D eigenvalue weighted by Crippen LogP contribution is 1.97. The van der Waals surface area contributed by atoms with Crippen LogP contribution in [0.1, 0.15) is 12.8 Å². The summed E-state index contributed by atoms with van der Waals surface area (Å²) in [7, 11) is -1.86. The van der Waals surface area contributed by atoms with Crippen LogP contribution in [0.5, 0.6) is 0 Å². The lowest BCUT2D eigenvalue weighted by Crippen LogP contribution is -2.47. The Morgan fingerprint density at radius 3 is 2.30 bits per heavy atom. The first-order chi connectivity index (χ1) is 9.15. The predicted molar refractivity (Wildman–Crippen MR) is 71.0 cm³/mol. The number of sulfone groups is 1. The fourth-order valence-corrected chi connectivity index (χ4v) is 1.88. The van der Waals surface area contributed by atoms with Crippen LogP contribution in [0.25, 0.3) is 0 Å². The zero-order valence-electron chi connectivity index (χ0n) is 11.3. The number of carbonyl (C=O) groups is 3. The predicted octanol–water partition coefficient (Wildman–Crippen LogP) is -1.69. The van der Waals surface area contributed by atoms with Crippen molar-refractivity contribution < 1.29 is 27.9 Å². The second kappa shape index (κ2) is 8.35. The van der Waals surface area contributed by atoms with E-state index in [0.29, 0.717) is 0 Å². The van der Waals surface area contributed by atoms with Crippen LogP contribution in [0.15, 0.2) is 0 Å². The molecule has 0 radical (unpaired) electrons. The number of amides is 3. The summed E-state index contributed by atoms with van der Waals surface area (Å²) in [5.41, 5.74) is 0. The molecule has 0 bridgehead atoms. The summed E-state index contributed by atoms with van der Waals surface area (Å²) < 4.78 is 21.9. The Morgan fingerprint density at radius 1 is 1.25 bits per heavy atom. The number of hydrogen-bond donors (Lipinski definition) is 4. The zero-order chi connectivity index (χ0) is 15.8. The van der Waals surface area contributed by atoms with Crippen molar-refractivity contribution in [2.45, 2.75) is 18.9 Å². The highest BCUT2D eigenvalue weighted by molar-refractivity contribution is 7.90. The maximum absolute atomic E-state index is 11.4. The third kappa shape index (κ3) is 9.14. The number of aliphatic carboxylic acids is 1. The van der Waals surface area contributed by atoms with Crippen LogP contribution in [0, 0.1) is 0 Å². The molecule has 0 fully saturated rings. The van der Waals surface area contributed by atoms with Crippen LogP contribution in [-0.4, -0.2) is 63.1 Å². The lowest BCUT2D eigenvalue weighted by Gasteiger charge is -2.14. The molecule has 0 aromatic rings. The van der Waals surface area contributed by atoms with Crippen molar-refractivity contribution >= 4 is 27.7 Å². The van der Waals surface area contributed by atoms with E-state index in [9.17, 15) is 22.8 Å². The third-order valence-corrected chi connectivity index (χ3v) is 3.27. The summed E-state index contributed by atoms with van der Waals surface area (Å²) in [5.74, 6) is -1.94. The minimum atomic E-state index is -3.31. The average molecular weight is 309 g/mol. The van der Waals surface area contributed by atoms with Crippen LogP contribution in [-0.2, 0) is 19.4 Å². The van der Waals surface area contributed by atoms with E-state index in [1.165, 1.54) is 7.05 Å². The van der Waals surface area contributed by atoms with Crippen molar-refractivity contribution in [1.29, 1.82) is 0 Å². The molecule has 0 aliphatic heterocycles. The van der Waals surface area contributed by atoms with Crippen molar-refractivity contribution in [3.63, 3.8) is 0 Å². The van der Waals surface area contributed by atoms with Gasteiger partial charge < -0.3 is 21.1 Å². The van der Waals surface area contributed by atoms with Gasteiger partial charge in [-0.1, -0.05) is 0 Å². The number of carboxylic acid groups (broad SMARTS) is 1. The lowest BCUT2D eigenvalue weighted by molar-refractivity contribution is -0.139. The fraction of sp³-hybridized carbons (Fsp3) is 0.700. The Labute approximate surface area is 117 Å². The van der Waals surface area contributed by atoms with E-state index >= 15 is 0 Å². The Kier molecular flexibility index (Phi) is 7.59. The molecule has 4 N–H and O–H groups in total. The van der Waals surface area contributed by atoms with Gasteiger partial charge in [0, 0.05) is 26.3 Å². The number of nitrogens with one attached hydrogen (secondary N) is 3. The summed E-state index contributed by atoms with van der Waals surface area (Å²) in [6.45, 7) is 0.0456. The smallest absolute Gasteiger partial charge is 0.326 e. The standard InChI is InChI=1S/C10H19N3O6S/c1-11-8(14)3-5-12-10(17)13-7(9(15)16)4-6-20(2,18)19/h7H,3-6H2,1-2H3,(H,11,14)(H,15,16)(H2,12,13,17). The number of hydrogen-bond acceptors (Lipinski definition) is 5. The van der Waals surface area contributed by atoms with E-state index in [4.69, 9.17) is 5.11 Å². The summed E-state index contributed by atoms with van der Waals surface area (Å²) >= 11 is 0. The highest BCUT2D eigenvalue weighted by Gasteiger charge is 2.21. The van der Waals surface area contributed by atoms with E-state index < -0.39 is 27.9 Å². The molecule has 0 aliphatic carbocycles. The molecule has 10 heteroatoms. The quantitative estimate of drug-likeness (QED) is 0.421. The number of carbonyl (C=O) groups excluding carboxylic acids is 2. The van der Waals surface area contributed by atoms with Gasteiger partial charge in [-0.25, -0.2) is 18.0 Å². The molecule has 0 saturated heterocycles. The average Bonchev–Trinajstić information content (AvgIpc) is 2.32. The Bertz CT molecular complexity index is 462. The first-order valence-electron chi connectivity index (χ1n) is 5.81. The number of rotatable bonds is 8. The van der Waals surface area contributed by atoms with Crippen molar-refractivity contribution in [2.75, 3.05) is 25.6 Å². The lowest BCUT2D eigenvalue weighted by atomic mass is 10.2. The molecule has 0 spiro atoms. The van der Waals surface area contributed by atoms with Gasteiger partial charge in [-0.3, -0.25) is 4.79 Å². The van der Waals surface area contributed by atoms with Crippen LogP contribution in [0.3, 0.4) is 0 Å².